The van der Waals surface area contributed by atoms with Crippen molar-refractivity contribution >= 4 is 11.0 Å². The van der Waals surface area contributed by atoms with E-state index in [2.05, 4.69) is 15.2 Å². The molecule has 0 bridgehead atoms. The van der Waals surface area contributed by atoms with Crippen molar-refractivity contribution in [1.29, 1.82) is 0 Å². The van der Waals surface area contributed by atoms with Gasteiger partial charge in [-0.2, -0.15) is 5.10 Å². The van der Waals surface area contributed by atoms with Gasteiger partial charge >= 0.3 is 0 Å². The number of hydrogen-bond acceptors (Lipinski definition) is 2. The van der Waals surface area contributed by atoms with E-state index in [0.29, 0.717) is 0 Å². The Bertz CT molecular complexity index is 356. The number of aromatic nitrogens is 3. The van der Waals surface area contributed by atoms with Crippen LogP contribution in [0.5, 0.6) is 0 Å². The van der Waals surface area contributed by atoms with E-state index < -0.39 is 0 Å². The molecule has 0 atom stereocenters. The number of H-pyrrole nitrogens is 1. The zero-order chi connectivity index (χ0) is 8.97. The normalized spacial score (nSPS) is 9.25. The van der Waals surface area contributed by atoms with E-state index in [1.807, 2.05) is 39.1 Å². The Hall–Kier alpha value is -1.38. The van der Waals surface area contributed by atoms with Crippen molar-refractivity contribution in [3.63, 3.8) is 0 Å². The molecular formula is C9H15N3. The van der Waals surface area contributed by atoms with Gasteiger partial charge in [0, 0.05) is 13.0 Å². The van der Waals surface area contributed by atoms with Gasteiger partial charge in [-0.25, -0.2) is 0 Å². The summed E-state index contributed by atoms with van der Waals surface area (Å²) in [6.45, 7) is 5.93. The van der Waals surface area contributed by atoms with Crippen LogP contribution in [0.3, 0.4) is 0 Å². The second-order valence-corrected chi connectivity index (χ2v) is 2.27. The molecular weight excluding hydrogens is 150 g/mol. The van der Waals surface area contributed by atoms with Crippen LogP contribution in [0.1, 0.15) is 21.0 Å². The first-order valence-electron chi connectivity index (χ1n) is 4.14. The third kappa shape index (κ3) is 1.61. The van der Waals surface area contributed by atoms with E-state index in [4.69, 9.17) is 0 Å². The fraction of sp³-hybridized carbons (Fsp3) is 0.333. The maximum absolute atomic E-state index is 3.94. The van der Waals surface area contributed by atoms with Crippen molar-refractivity contribution in [2.45, 2.75) is 20.8 Å². The highest BCUT2D eigenvalue weighted by molar-refractivity contribution is 5.74. The van der Waals surface area contributed by atoms with Gasteiger partial charge in [0.1, 0.15) is 0 Å². The van der Waals surface area contributed by atoms with Gasteiger partial charge in [-0.05, 0) is 19.1 Å². The number of rotatable bonds is 0. The molecule has 0 radical (unpaired) electrons. The van der Waals surface area contributed by atoms with Crippen molar-refractivity contribution in [3.05, 3.63) is 24.0 Å². The molecule has 3 heteroatoms. The Balaban J connectivity index is 0.000000451. The Morgan fingerprint density at radius 3 is 2.83 bits per heavy atom. The van der Waals surface area contributed by atoms with Gasteiger partial charge in [-0.3, -0.25) is 0 Å². The van der Waals surface area contributed by atoms with Crippen molar-refractivity contribution in [2.24, 2.45) is 0 Å². The molecule has 0 aliphatic carbocycles. The zero-order valence-corrected chi connectivity index (χ0v) is 7.63. The Labute approximate surface area is 73.3 Å². The van der Waals surface area contributed by atoms with E-state index in [1.54, 1.807) is 0 Å². The molecule has 0 fully saturated rings. The first kappa shape index (κ1) is 8.71. The fourth-order valence-electron chi connectivity index (χ4n) is 0.959. The lowest BCUT2D eigenvalue weighted by atomic mass is 10.3. The van der Waals surface area contributed by atoms with Crippen molar-refractivity contribution in [3.8, 4) is 0 Å². The van der Waals surface area contributed by atoms with Gasteiger partial charge in [0.2, 0.25) is 0 Å². The number of aryl methyl sites for hydroxylation is 1. The molecule has 12 heavy (non-hydrogen) atoms. The lowest BCUT2D eigenvalue weighted by Crippen LogP contribution is -1.84. The van der Waals surface area contributed by atoms with Crippen LogP contribution in [-0.2, 0) is 0 Å². The number of nitrogens with one attached hydrogen (secondary N) is 1. The summed E-state index contributed by atoms with van der Waals surface area (Å²) in [7, 11) is 0. The molecule has 0 aliphatic heterocycles. The molecule has 2 aromatic heterocycles. The van der Waals surface area contributed by atoms with Gasteiger partial charge in [-0.15, -0.1) is 5.10 Å². The average Bonchev–Trinajstić information content (AvgIpc) is 2.54. The van der Waals surface area contributed by atoms with Crippen LogP contribution in [0, 0.1) is 6.92 Å². The van der Waals surface area contributed by atoms with E-state index in [9.17, 15) is 0 Å². The number of fused-ring (bicyclic) bond motifs is 1. The molecule has 0 spiro atoms. The topological polar surface area (TPSA) is 41.6 Å². The Morgan fingerprint density at radius 1 is 1.33 bits per heavy atom. The molecule has 3 nitrogen and oxygen atoms in total. The van der Waals surface area contributed by atoms with Crippen molar-refractivity contribution in [2.75, 3.05) is 0 Å². The molecule has 0 amide bonds. The van der Waals surface area contributed by atoms with Gasteiger partial charge in [0.05, 0.1) is 5.69 Å². The minimum atomic E-state index is 0. The van der Waals surface area contributed by atoms with Crippen molar-refractivity contribution < 1.29 is 1.43 Å². The molecule has 0 aliphatic rings. The molecule has 66 valence electrons. The van der Waals surface area contributed by atoms with Crippen LogP contribution >= 0.6 is 0 Å². The lowest BCUT2D eigenvalue weighted by molar-refractivity contribution is 1.01. The molecule has 0 saturated carbocycles. The summed E-state index contributed by atoms with van der Waals surface area (Å²) in [6, 6.07) is 3.98. The summed E-state index contributed by atoms with van der Waals surface area (Å²) < 4.78 is 0. The predicted octanol–water partition coefficient (Wildman–Crippen LogP) is 2.54. The molecule has 2 heterocycles. The van der Waals surface area contributed by atoms with Crippen LogP contribution < -0.4 is 0 Å². The van der Waals surface area contributed by atoms with Crippen molar-refractivity contribution in [1.82, 2.24) is 15.2 Å². The predicted molar refractivity (Wildman–Crippen MR) is 52.1 cm³/mol. The summed E-state index contributed by atoms with van der Waals surface area (Å²) in [5.74, 6) is 0. The number of nitrogens with zero attached hydrogens (tertiary/aromatic N) is 2. The highest BCUT2D eigenvalue weighted by Crippen LogP contribution is 2.07. The second kappa shape index (κ2) is 3.85. The molecule has 0 saturated heterocycles. The minimum Gasteiger partial charge on any atom is -0.345 e. The minimum absolute atomic E-state index is 0. The van der Waals surface area contributed by atoms with E-state index >= 15 is 0 Å². The molecule has 0 unspecified atom stereocenters. The molecule has 2 rings (SSSR count). The summed E-state index contributed by atoms with van der Waals surface area (Å²) in [4.78, 5) is 2.97. The number of aromatic amines is 1. The fourth-order valence-corrected chi connectivity index (χ4v) is 0.959. The molecule has 2 aromatic rings. The quantitative estimate of drug-likeness (QED) is 0.651. The molecule has 1 N–H and O–H groups in total. The molecule has 0 aromatic carbocycles. The summed E-state index contributed by atoms with van der Waals surface area (Å²) in [5.41, 5.74) is 1.80. The van der Waals surface area contributed by atoms with Crippen LogP contribution in [0.4, 0.5) is 0 Å². The summed E-state index contributed by atoms with van der Waals surface area (Å²) >= 11 is 0. The van der Waals surface area contributed by atoms with Gasteiger partial charge in [-0.1, -0.05) is 13.8 Å². The highest BCUT2D eigenvalue weighted by atomic mass is 15.1. The third-order valence-corrected chi connectivity index (χ3v) is 1.43. The van der Waals surface area contributed by atoms with E-state index in [-0.39, 0.29) is 1.43 Å². The van der Waals surface area contributed by atoms with Crippen LogP contribution in [-0.4, -0.2) is 15.2 Å². The smallest absolute Gasteiger partial charge is 0.159 e. The van der Waals surface area contributed by atoms with E-state index in [1.165, 1.54) is 0 Å². The first-order chi connectivity index (χ1) is 5.86. The standard InChI is InChI=1S/C7H7N3.C2H6.H2/c1-5-4-6-2-3-8-7(6)10-9-5;1-2;/h2-4H,1H3,(H,8,10);1-2H3;1H. The van der Waals surface area contributed by atoms with E-state index in [0.717, 1.165) is 16.7 Å². The summed E-state index contributed by atoms with van der Waals surface area (Å²) in [5, 5.41) is 8.95. The van der Waals surface area contributed by atoms with Gasteiger partial charge < -0.3 is 4.98 Å². The van der Waals surface area contributed by atoms with Crippen LogP contribution in [0.25, 0.3) is 11.0 Å². The van der Waals surface area contributed by atoms with Crippen LogP contribution in [0.2, 0.25) is 0 Å². The SMILES string of the molecule is CC.Cc1cc2cc[nH]c2nn1.[HH]. The highest BCUT2D eigenvalue weighted by Gasteiger charge is 1.94. The third-order valence-electron chi connectivity index (χ3n) is 1.43. The number of hydrogen-bond donors (Lipinski definition) is 1. The maximum Gasteiger partial charge on any atom is 0.159 e. The first-order valence-corrected chi connectivity index (χ1v) is 4.14. The summed E-state index contributed by atoms with van der Waals surface area (Å²) in [6.07, 6.45) is 1.86. The Morgan fingerprint density at radius 2 is 2.08 bits per heavy atom. The van der Waals surface area contributed by atoms with Crippen LogP contribution in [0.15, 0.2) is 18.3 Å². The zero-order valence-electron chi connectivity index (χ0n) is 7.63. The monoisotopic (exact) mass is 165 g/mol. The van der Waals surface area contributed by atoms with Gasteiger partial charge in [0.25, 0.3) is 0 Å². The average molecular weight is 165 g/mol. The largest absolute Gasteiger partial charge is 0.345 e. The maximum atomic E-state index is 3.94. The Kier molecular flexibility index (Phi) is 2.80. The second-order valence-electron chi connectivity index (χ2n) is 2.27. The van der Waals surface area contributed by atoms with Gasteiger partial charge in [0.15, 0.2) is 5.65 Å². The lowest BCUT2D eigenvalue weighted by Gasteiger charge is -1.88.